The lowest BCUT2D eigenvalue weighted by Gasteiger charge is -2.15. The average Bonchev–Trinajstić information content (AvgIpc) is 2.16. The summed E-state index contributed by atoms with van der Waals surface area (Å²) in [6, 6.07) is 6.52. The predicted molar refractivity (Wildman–Crippen MR) is 64.5 cm³/mol. The molecule has 0 aromatic heterocycles. The van der Waals surface area contributed by atoms with Crippen molar-refractivity contribution >= 4 is 5.91 Å². The highest BCUT2D eigenvalue weighted by Crippen LogP contribution is 2.11. The van der Waals surface area contributed by atoms with E-state index in [4.69, 9.17) is 0 Å². The number of aromatic hydroxyl groups is 1. The number of amides is 1. The Bertz CT molecular complexity index is 361. The van der Waals surface area contributed by atoms with Gasteiger partial charge in [-0.15, -0.1) is 0 Å². The molecule has 3 heteroatoms. The van der Waals surface area contributed by atoms with Gasteiger partial charge in [0, 0.05) is 11.6 Å². The molecule has 88 valence electrons. The zero-order chi connectivity index (χ0) is 12.1. The standard InChI is InChI=1S/C13H19NO2/c1-9(2)7-10(3)14-13(16)11-5-4-6-12(15)8-11/h4-6,8-10,15H,7H2,1-3H3,(H,14,16). The first-order valence-corrected chi connectivity index (χ1v) is 5.59. The Kier molecular flexibility index (Phi) is 4.35. The summed E-state index contributed by atoms with van der Waals surface area (Å²) in [5.74, 6) is 0.535. The van der Waals surface area contributed by atoms with Crippen molar-refractivity contribution in [2.45, 2.75) is 33.2 Å². The van der Waals surface area contributed by atoms with Gasteiger partial charge in [-0.25, -0.2) is 0 Å². The zero-order valence-electron chi connectivity index (χ0n) is 10.0. The summed E-state index contributed by atoms with van der Waals surface area (Å²) in [5, 5.41) is 12.2. The fourth-order valence-corrected chi connectivity index (χ4v) is 1.72. The Balaban J connectivity index is 2.59. The lowest BCUT2D eigenvalue weighted by molar-refractivity contribution is 0.0935. The second kappa shape index (κ2) is 5.54. The first-order valence-electron chi connectivity index (χ1n) is 5.59. The van der Waals surface area contributed by atoms with E-state index in [1.165, 1.54) is 6.07 Å². The largest absolute Gasteiger partial charge is 0.508 e. The zero-order valence-corrected chi connectivity index (χ0v) is 10.0. The molecular formula is C13H19NO2. The van der Waals surface area contributed by atoms with E-state index < -0.39 is 0 Å². The van der Waals surface area contributed by atoms with Crippen LogP contribution in [0.3, 0.4) is 0 Å². The van der Waals surface area contributed by atoms with E-state index in [0.29, 0.717) is 11.5 Å². The summed E-state index contributed by atoms with van der Waals surface area (Å²) in [5.41, 5.74) is 0.496. The summed E-state index contributed by atoms with van der Waals surface area (Å²) < 4.78 is 0. The van der Waals surface area contributed by atoms with Crippen LogP contribution in [0.2, 0.25) is 0 Å². The highest BCUT2D eigenvalue weighted by molar-refractivity contribution is 5.94. The molecule has 0 bridgehead atoms. The van der Waals surface area contributed by atoms with Gasteiger partial charge in [0.1, 0.15) is 5.75 Å². The lowest BCUT2D eigenvalue weighted by atomic mass is 10.0. The Morgan fingerprint density at radius 2 is 2.06 bits per heavy atom. The van der Waals surface area contributed by atoms with Crippen LogP contribution in [0.25, 0.3) is 0 Å². The normalized spacial score (nSPS) is 12.5. The number of hydrogen-bond acceptors (Lipinski definition) is 2. The third-order valence-electron chi connectivity index (χ3n) is 2.31. The van der Waals surface area contributed by atoms with Crippen LogP contribution < -0.4 is 5.32 Å². The molecule has 1 unspecified atom stereocenters. The number of carbonyl (C=O) groups excluding carboxylic acids is 1. The topological polar surface area (TPSA) is 49.3 Å². The molecule has 0 heterocycles. The lowest BCUT2D eigenvalue weighted by Crippen LogP contribution is -2.33. The second-order valence-corrected chi connectivity index (χ2v) is 4.55. The summed E-state index contributed by atoms with van der Waals surface area (Å²) in [4.78, 5) is 11.8. The van der Waals surface area contributed by atoms with Gasteiger partial charge in [0.05, 0.1) is 0 Å². The van der Waals surface area contributed by atoms with E-state index in [0.717, 1.165) is 6.42 Å². The van der Waals surface area contributed by atoms with Gasteiger partial charge < -0.3 is 10.4 Å². The predicted octanol–water partition coefficient (Wildman–Crippen LogP) is 2.56. The van der Waals surface area contributed by atoms with Crippen LogP contribution in [0.1, 0.15) is 37.6 Å². The quantitative estimate of drug-likeness (QED) is 0.821. The average molecular weight is 221 g/mol. The van der Waals surface area contributed by atoms with Crippen LogP contribution in [-0.2, 0) is 0 Å². The van der Waals surface area contributed by atoms with E-state index in [1.54, 1.807) is 18.2 Å². The fraction of sp³-hybridized carbons (Fsp3) is 0.462. The summed E-state index contributed by atoms with van der Waals surface area (Å²) in [6.45, 7) is 6.23. The fourth-order valence-electron chi connectivity index (χ4n) is 1.72. The molecule has 1 rings (SSSR count). The van der Waals surface area contributed by atoms with Gasteiger partial charge in [-0.3, -0.25) is 4.79 Å². The van der Waals surface area contributed by atoms with E-state index in [1.807, 2.05) is 6.92 Å². The molecule has 0 fully saturated rings. The van der Waals surface area contributed by atoms with Crippen molar-refractivity contribution in [1.29, 1.82) is 0 Å². The number of rotatable bonds is 4. The third kappa shape index (κ3) is 3.93. The van der Waals surface area contributed by atoms with Gasteiger partial charge >= 0.3 is 0 Å². The molecule has 0 spiro atoms. The number of benzene rings is 1. The molecule has 16 heavy (non-hydrogen) atoms. The van der Waals surface area contributed by atoms with Crippen molar-refractivity contribution in [1.82, 2.24) is 5.32 Å². The van der Waals surface area contributed by atoms with E-state index in [-0.39, 0.29) is 17.7 Å². The molecule has 0 radical (unpaired) electrons. The van der Waals surface area contributed by atoms with Crippen molar-refractivity contribution in [3.8, 4) is 5.75 Å². The first kappa shape index (κ1) is 12.6. The summed E-state index contributed by atoms with van der Waals surface area (Å²) >= 11 is 0. The van der Waals surface area contributed by atoms with Gasteiger partial charge in [0.25, 0.3) is 5.91 Å². The molecule has 0 aliphatic heterocycles. The molecule has 0 saturated heterocycles. The monoisotopic (exact) mass is 221 g/mol. The molecule has 1 atom stereocenters. The molecule has 0 saturated carbocycles. The molecule has 0 aliphatic carbocycles. The molecule has 2 N–H and O–H groups in total. The van der Waals surface area contributed by atoms with Crippen molar-refractivity contribution in [3.05, 3.63) is 29.8 Å². The maximum absolute atomic E-state index is 11.8. The Morgan fingerprint density at radius 3 is 2.62 bits per heavy atom. The smallest absolute Gasteiger partial charge is 0.251 e. The maximum atomic E-state index is 11.8. The van der Waals surface area contributed by atoms with E-state index >= 15 is 0 Å². The minimum atomic E-state index is -0.135. The Morgan fingerprint density at radius 1 is 1.38 bits per heavy atom. The first-order chi connectivity index (χ1) is 7.49. The number of hydrogen-bond donors (Lipinski definition) is 2. The van der Waals surface area contributed by atoms with Crippen LogP contribution in [0.5, 0.6) is 5.75 Å². The van der Waals surface area contributed by atoms with Crippen molar-refractivity contribution in [2.75, 3.05) is 0 Å². The van der Waals surface area contributed by atoms with Crippen LogP contribution >= 0.6 is 0 Å². The van der Waals surface area contributed by atoms with E-state index in [2.05, 4.69) is 19.2 Å². The number of phenols is 1. The molecule has 3 nitrogen and oxygen atoms in total. The SMILES string of the molecule is CC(C)CC(C)NC(=O)c1cccc(O)c1. The van der Waals surface area contributed by atoms with Gasteiger partial charge in [-0.1, -0.05) is 19.9 Å². The van der Waals surface area contributed by atoms with Gasteiger partial charge in [0.2, 0.25) is 0 Å². The Labute approximate surface area is 96.5 Å². The van der Waals surface area contributed by atoms with Crippen LogP contribution in [0.4, 0.5) is 0 Å². The molecule has 1 amide bonds. The van der Waals surface area contributed by atoms with Crippen molar-refractivity contribution < 1.29 is 9.90 Å². The minimum absolute atomic E-state index is 0.115. The van der Waals surface area contributed by atoms with Crippen LogP contribution in [0.15, 0.2) is 24.3 Å². The van der Waals surface area contributed by atoms with Crippen molar-refractivity contribution in [3.63, 3.8) is 0 Å². The minimum Gasteiger partial charge on any atom is -0.508 e. The van der Waals surface area contributed by atoms with Gasteiger partial charge in [-0.05, 0) is 37.5 Å². The highest BCUT2D eigenvalue weighted by atomic mass is 16.3. The van der Waals surface area contributed by atoms with Crippen molar-refractivity contribution in [2.24, 2.45) is 5.92 Å². The van der Waals surface area contributed by atoms with Gasteiger partial charge in [-0.2, -0.15) is 0 Å². The third-order valence-corrected chi connectivity index (χ3v) is 2.31. The van der Waals surface area contributed by atoms with Crippen LogP contribution in [0, 0.1) is 5.92 Å². The maximum Gasteiger partial charge on any atom is 0.251 e. The van der Waals surface area contributed by atoms with Gasteiger partial charge in [0.15, 0.2) is 0 Å². The molecule has 1 aromatic rings. The molecule has 1 aromatic carbocycles. The summed E-state index contributed by atoms with van der Waals surface area (Å²) in [6.07, 6.45) is 0.949. The second-order valence-electron chi connectivity index (χ2n) is 4.55. The highest BCUT2D eigenvalue weighted by Gasteiger charge is 2.11. The summed E-state index contributed by atoms with van der Waals surface area (Å²) in [7, 11) is 0. The Hall–Kier alpha value is -1.51. The molecular weight excluding hydrogens is 202 g/mol. The van der Waals surface area contributed by atoms with Crippen LogP contribution in [-0.4, -0.2) is 17.1 Å². The number of phenolic OH excluding ortho intramolecular Hbond substituents is 1. The van der Waals surface area contributed by atoms with E-state index in [9.17, 15) is 9.90 Å². The number of carbonyl (C=O) groups is 1. The molecule has 0 aliphatic rings. The number of nitrogens with one attached hydrogen (secondary N) is 1.